The molecule has 2 atom stereocenters. The van der Waals surface area contributed by atoms with Gasteiger partial charge in [-0.1, -0.05) is 18.5 Å². The van der Waals surface area contributed by atoms with E-state index >= 15 is 0 Å². The monoisotopic (exact) mass is 216 g/mol. The smallest absolute Gasteiger partial charge is 0.0201 e. The minimum absolute atomic E-state index is 0.659. The molecule has 2 unspecified atom stereocenters. The molecule has 1 fully saturated rings. The molecule has 1 rings (SSSR count). The molecule has 0 aromatic heterocycles. The number of hydrogen-bond acceptors (Lipinski definition) is 2. The molecule has 2 nitrogen and oxygen atoms in total. The maximum absolute atomic E-state index is 5.75. The molecule has 1 heterocycles. The van der Waals surface area contributed by atoms with Gasteiger partial charge in [0.15, 0.2) is 0 Å². The Kier molecular flexibility index (Phi) is 4.93. The highest BCUT2D eigenvalue weighted by Gasteiger charge is 2.24. The summed E-state index contributed by atoms with van der Waals surface area (Å²) >= 11 is 5.66. The molecule has 0 bridgehead atoms. The molecule has 1 aliphatic heterocycles. The van der Waals surface area contributed by atoms with Crippen LogP contribution in [0.25, 0.3) is 0 Å². The van der Waals surface area contributed by atoms with Gasteiger partial charge in [0.25, 0.3) is 0 Å². The van der Waals surface area contributed by atoms with Gasteiger partial charge in [0.2, 0.25) is 0 Å². The molecular formula is C11H21ClN2. The van der Waals surface area contributed by atoms with Gasteiger partial charge in [-0.2, -0.15) is 0 Å². The van der Waals surface area contributed by atoms with Crippen LogP contribution in [0.5, 0.6) is 0 Å². The Morgan fingerprint density at radius 2 is 2.36 bits per heavy atom. The van der Waals surface area contributed by atoms with Gasteiger partial charge in [-0.3, -0.25) is 4.90 Å². The van der Waals surface area contributed by atoms with Gasteiger partial charge in [0.05, 0.1) is 0 Å². The van der Waals surface area contributed by atoms with Gasteiger partial charge >= 0.3 is 0 Å². The second kappa shape index (κ2) is 5.74. The minimum Gasteiger partial charge on any atom is -0.330 e. The van der Waals surface area contributed by atoms with Crippen molar-refractivity contribution in [2.75, 3.05) is 26.2 Å². The topological polar surface area (TPSA) is 29.3 Å². The number of nitrogens with zero attached hydrogens (tertiary/aromatic N) is 1. The first kappa shape index (κ1) is 12.0. The highest BCUT2D eigenvalue weighted by molar-refractivity contribution is 6.25. The second-order valence-electron chi connectivity index (χ2n) is 4.45. The third kappa shape index (κ3) is 3.26. The maximum atomic E-state index is 5.75. The van der Waals surface area contributed by atoms with Crippen LogP contribution >= 0.6 is 11.6 Å². The van der Waals surface area contributed by atoms with Gasteiger partial charge in [-0.15, -0.1) is 0 Å². The van der Waals surface area contributed by atoms with Crippen LogP contribution in [-0.4, -0.2) is 31.1 Å². The number of halogens is 1. The van der Waals surface area contributed by atoms with Crippen molar-refractivity contribution in [2.45, 2.75) is 20.3 Å². The van der Waals surface area contributed by atoms with Crippen molar-refractivity contribution in [2.24, 2.45) is 17.6 Å². The van der Waals surface area contributed by atoms with Crippen molar-refractivity contribution in [1.82, 2.24) is 4.90 Å². The van der Waals surface area contributed by atoms with Crippen LogP contribution in [-0.2, 0) is 0 Å². The van der Waals surface area contributed by atoms with Crippen molar-refractivity contribution in [3.8, 4) is 0 Å². The molecule has 3 heteroatoms. The average Bonchev–Trinajstić information content (AvgIpc) is 2.20. The Hall–Kier alpha value is -0.0500. The van der Waals surface area contributed by atoms with Crippen molar-refractivity contribution < 1.29 is 0 Å². The van der Waals surface area contributed by atoms with Gasteiger partial charge in [0, 0.05) is 18.6 Å². The maximum Gasteiger partial charge on any atom is 0.0201 e. The van der Waals surface area contributed by atoms with Crippen molar-refractivity contribution in [3.63, 3.8) is 0 Å². The summed E-state index contributed by atoms with van der Waals surface area (Å²) in [7, 11) is 0. The zero-order valence-corrected chi connectivity index (χ0v) is 9.93. The van der Waals surface area contributed by atoms with E-state index in [2.05, 4.69) is 18.7 Å². The van der Waals surface area contributed by atoms with Gasteiger partial charge in [-0.25, -0.2) is 0 Å². The predicted octanol–water partition coefficient (Wildman–Crippen LogP) is 2.05. The van der Waals surface area contributed by atoms with E-state index in [0.717, 1.165) is 25.6 Å². The van der Waals surface area contributed by atoms with Crippen LogP contribution in [0, 0.1) is 11.8 Å². The summed E-state index contributed by atoms with van der Waals surface area (Å²) in [5.41, 5.74) is 8.66. The Labute approximate surface area is 92.1 Å². The fourth-order valence-corrected chi connectivity index (χ4v) is 2.13. The lowest BCUT2D eigenvalue weighted by molar-refractivity contribution is 0.142. The fourth-order valence-electron chi connectivity index (χ4n) is 2.06. The Bertz CT molecular complexity index is 203. The third-order valence-corrected chi connectivity index (χ3v) is 3.53. The minimum atomic E-state index is 0.659. The Morgan fingerprint density at radius 1 is 1.64 bits per heavy atom. The first-order chi connectivity index (χ1) is 6.67. The molecule has 0 amide bonds. The lowest BCUT2D eigenvalue weighted by atomic mass is 9.87. The van der Waals surface area contributed by atoms with Gasteiger partial charge < -0.3 is 5.73 Å². The van der Waals surface area contributed by atoms with E-state index in [-0.39, 0.29) is 0 Å². The summed E-state index contributed by atoms with van der Waals surface area (Å²) in [5, 5.41) is 0. The van der Waals surface area contributed by atoms with E-state index in [4.69, 9.17) is 17.3 Å². The summed E-state index contributed by atoms with van der Waals surface area (Å²) < 4.78 is 0. The number of likely N-dealkylation sites (tertiary alicyclic amines) is 1. The SMILES string of the molecule is CC(=CCl)CN1CCC(C)C(CN)C1. The molecule has 0 spiro atoms. The lowest BCUT2D eigenvalue weighted by Crippen LogP contribution is -2.43. The zero-order valence-electron chi connectivity index (χ0n) is 9.17. The summed E-state index contributed by atoms with van der Waals surface area (Å²) in [6, 6.07) is 0. The van der Waals surface area contributed by atoms with Crippen molar-refractivity contribution in [3.05, 3.63) is 11.1 Å². The van der Waals surface area contributed by atoms with Crippen LogP contribution in [0.15, 0.2) is 11.1 Å². The van der Waals surface area contributed by atoms with Crippen molar-refractivity contribution >= 4 is 11.6 Å². The Morgan fingerprint density at radius 3 is 2.93 bits per heavy atom. The average molecular weight is 217 g/mol. The van der Waals surface area contributed by atoms with E-state index in [1.807, 2.05) is 0 Å². The quantitative estimate of drug-likeness (QED) is 0.783. The van der Waals surface area contributed by atoms with E-state index in [0.29, 0.717) is 5.92 Å². The first-order valence-electron chi connectivity index (χ1n) is 5.35. The molecule has 0 aromatic carbocycles. The number of piperidine rings is 1. The summed E-state index contributed by atoms with van der Waals surface area (Å²) in [6.07, 6.45) is 1.26. The summed E-state index contributed by atoms with van der Waals surface area (Å²) in [4.78, 5) is 2.45. The molecule has 2 N–H and O–H groups in total. The van der Waals surface area contributed by atoms with E-state index in [1.165, 1.54) is 18.5 Å². The predicted molar refractivity (Wildman–Crippen MR) is 62.4 cm³/mol. The summed E-state index contributed by atoms with van der Waals surface area (Å²) in [5.74, 6) is 1.43. The largest absolute Gasteiger partial charge is 0.330 e. The van der Waals surface area contributed by atoms with Crippen LogP contribution in [0.3, 0.4) is 0 Å². The number of hydrogen-bond donors (Lipinski definition) is 1. The third-order valence-electron chi connectivity index (χ3n) is 3.16. The van der Waals surface area contributed by atoms with Crippen molar-refractivity contribution in [1.29, 1.82) is 0 Å². The number of nitrogens with two attached hydrogens (primary N) is 1. The van der Waals surface area contributed by atoms with E-state index in [9.17, 15) is 0 Å². The highest BCUT2D eigenvalue weighted by Crippen LogP contribution is 2.22. The molecule has 1 aliphatic rings. The molecule has 82 valence electrons. The van der Waals surface area contributed by atoms with Gasteiger partial charge in [0.1, 0.15) is 0 Å². The first-order valence-corrected chi connectivity index (χ1v) is 5.79. The summed E-state index contributed by atoms with van der Waals surface area (Å²) in [6.45, 7) is 8.48. The van der Waals surface area contributed by atoms with Crippen LogP contribution < -0.4 is 5.73 Å². The lowest BCUT2D eigenvalue weighted by Gasteiger charge is -2.36. The second-order valence-corrected chi connectivity index (χ2v) is 4.67. The molecule has 0 aromatic rings. The fraction of sp³-hybridized carbons (Fsp3) is 0.818. The zero-order chi connectivity index (χ0) is 10.6. The number of rotatable bonds is 3. The van der Waals surface area contributed by atoms with Crippen LogP contribution in [0.4, 0.5) is 0 Å². The molecule has 0 saturated carbocycles. The van der Waals surface area contributed by atoms with Crippen LogP contribution in [0.1, 0.15) is 20.3 Å². The molecule has 0 aliphatic carbocycles. The highest BCUT2D eigenvalue weighted by atomic mass is 35.5. The van der Waals surface area contributed by atoms with Gasteiger partial charge in [-0.05, 0) is 43.8 Å². The molecule has 1 saturated heterocycles. The van der Waals surface area contributed by atoms with E-state index in [1.54, 1.807) is 5.54 Å². The normalized spacial score (nSPS) is 30.7. The standard InChI is InChI=1S/C11H21ClN2/c1-9(5-12)7-14-4-3-10(2)11(6-13)8-14/h5,10-11H,3-4,6-8,13H2,1-2H3. The van der Waals surface area contributed by atoms with Crippen LogP contribution in [0.2, 0.25) is 0 Å². The van der Waals surface area contributed by atoms with E-state index < -0.39 is 0 Å². The molecular weight excluding hydrogens is 196 g/mol. The molecule has 0 radical (unpaired) electrons. The Balaban J connectivity index is 2.42. The molecule has 14 heavy (non-hydrogen) atoms.